The van der Waals surface area contributed by atoms with Crippen LogP contribution in [0.4, 0.5) is 9.59 Å². The molecule has 14 nitrogen and oxygen atoms in total. The van der Waals surface area contributed by atoms with Crippen molar-refractivity contribution in [3.8, 4) is 28.1 Å². The molecule has 3 amide bonds. The Morgan fingerprint density at radius 1 is 1.04 bits per heavy atom. The lowest BCUT2D eigenvalue weighted by Crippen LogP contribution is -2.51. The fourth-order valence-electron chi connectivity index (χ4n) is 8.23. The Hall–Kier alpha value is -5.63. The van der Waals surface area contributed by atoms with Gasteiger partial charge in [0.15, 0.2) is 0 Å². The standard InChI is InChI=1S/C39H43N7O7/c1-20(2)33(44-38(48)52-4)37(47)45-11-5-6-30(45)36-41-28-10-8-22-14-27-25-9-7-23(13-24(25)19-53-32(27)15-26(22)34(28)43-36)29-16-40-35(42-29)31-12-21(18-51-3)17-46(31)39(49)50/h7-10,13-16,20-21,30-31,33H,5-6,11-12,17-19H2,1-4H3,(H,40,42)(H,41,43)(H,44,48)(H,49,50)/t21-,30-,31-,33?/m0/s1. The van der Waals surface area contributed by atoms with Gasteiger partial charge in [-0.15, -0.1) is 0 Å². The van der Waals surface area contributed by atoms with E-state index < -0.39 is 18.2 Å². The fourth-order valence-corrected chi connectivity index (χ4v) is 8.23. The van der Waals surface area contributed by atoms with E-state index in [0.29, 0.717) is 38.5 Å². The molecule has 4 atom stereocenters. The second kappa shape index (κ2) is 13.7. The summed E-state index contributed by atoms with van der Waals surface area (Å²) in [4.78, 5) is 57.4. The van der Waals surface area contributed by atoms with Gasteiger partial charge in [-0.25, -0.2) is 19.6 Å². The number of ether oxygens (including phenoxy) is 3. The molecule has 3 aromatic carbocycles. The van der Waals surface area contributed by atoms with E-state index in [1.165, 1.54) is 12.0 Å². The summed E-state index contributed by atoms with van der Waals surface area (Å²) in [6.07, 6.45) is 2.42. The minimum Gasteiger partial charge on any atom is -0.488 e. The number of imidazole rings is 2. The number of amides is 3. The van der Waals surface area contributed by atoms with Gasteiger partial charge in [0, 0.05) is 37.1 Å². The first kappa shape index (κ1) is 34.5. The number of nitrogens with one attached hydrogen (secondary N) is 3. The monoisotopic (exact) mass is 721 g/mol. The van der Waals surface area contributed by atoms with Crippen molar-refractivity contribution in [2.75, 3.05) is 33.9 Å². The van der Waals surface area contributed by atoms with Crippen LogP contribution in [0.15, 0.2) is 48.7 Å². The van der Waals surface area contributed by atoms with Crippen molar-refractivity contribution >= 4 is 39.9 Å². The average molecular weight is 722 g/mol. The zero-order valence-electron chi connectivity index (χ0n) is 30.1. The molecule has 5 aromatic rings. The van der Waals surface area contributed by atoms with Crippen LogP contribution in [0.5, 0.6) is 5.75 Å². The van der Waals surface area contributed by atoms with Gasteiger partial charge < -0.3 is 39.5 Å². The first-order valence-electron chi connectivity index (χ1n) is 18.0. The molecule has 2 aromatic heterocycles. The average Bonchev–Trinajstić information content (AvgIpc) is 3.98. The SMILES string of the molecule is COC[C@H]1C[C@@H](c2ncc(-c3ccc4c(c3)COc3cc5c(ccc6nc([C@@H]7CCCN7C(=O)C(NC(=O)OC)C(C)C)[nH]c65)cc3-4)[nH]2)N(C(=O)O)C1. The molecule has 0 radical (unpaired) electrons. The first-order valence-corrected chi connectivity index (χ1v) is 18.0. The highest BCUT2D eigenvalue weighted by molar-refractivity contribution is 6.07. The van der Waals surface area contributed by atoms with E-state index in [9.17, 15) is 19.5 Å². The van der Waals surface area contributed by atoms with Crippen LogP contribution in [-0.4, -0.2) is 92.9 Å². The Morgan fingerprint density at radius 3 is 2.66 bits per heavy atom. The Kier molecular flexibility index (Phi) is 8.93. The number of carboxylic acid groups (broad SMARTS) is 1. The summed E-state index contributed by atoms with van der Waals surface area (Å²) in [6.45, 7) is 5.69. The number of H-pyrrole nitrogens is 2. The van der Waals surface area contributed by atoms with Crippen LogP contribution in [0.25, 0.3) is 44.2 Å². The zero-order chi connectivity index (χ0) is 37.0. The van der Waals surface area contributed by atoms with Crippen molar-refractivity contribution in [1.29, 1.82) is 0 Å². The summed E-state index contributed by atoms with van der Waals surface area (Å²) in [7, 11) is 2.92. The molecular formula is C39H43N7O7. The molecule has 0 bridgehead atoms. The lowest BCUT2D eigenvalue weighted by Gasteiger charge is -2.29. The number of nitrogens with zero attached hydrogens (tertiary/aromatic N) is 4. The topological polar surface area (TPSA) is 175 Å². The Morgan fingerprint density at radius 2 is 1.89 bits per heavy atom. The number of aromatic amines is 2. The molecule has 3 aliphatic heterocycles. The van der Waals surface area contributed by atoms with E-state index in [2.05, 4.69) is 56.7 Å². The number of carbonyl (C=O) groups excluding carboxylic acids is 2. The predicted molar refractivity (Wildman–Crippen MR) is 196 cm³/mol. The number of likely N-dealkylation sites (tertiary alicyclic amines) is 2. The van der Waals surface area contributed by atoms with Crippen molar-refractivity contribution in [3.05, 3.63) is 65.9 Å². The molecule has 1 unspecified atom stereocenters. The van der Waals surface area contributed by atoms with Gasteiger partial charge in [0.25, 0.3) is 0 Å². The molecule has 2 fully saturated rings. The normalized spacial score (nSPS) is 20.1. The summed E-state index contributed by atoms with van der Waals surface area (Å²) in [5, 5.41) is 14.5. The van der Waals surface area contributed by atoms with Crippen molar-refractivity contribution in [2.45, 2.75) is 57.8 Å². The molecular weight excluding hydrogens is 678 g/mol. The molecule has 0 aliphatic carbocycles. The highest BCUT2D eigenvalue weighted by atomic mass is 16.5. The van der Waals surface area contributed by atoms with E-state index in [-0.39, 0.29) is 29.8 Å². The predicted octanol–water partition coefficient (Wildman–Crippen LogP) is 6.40. The van der Waals surface area contributed by atoms with Crippen LogP contribution in [0.2, 0.25) is 0 Å². The van der Waals surface area contributed by atoms with Crippen LogP contribution in [-0.2, 0) is 20.9 Å². The highest BCUT2D eigenvalue weighted by Crippen LogP contribution is 2.43. The van der Waals surface area contributed by atoms with Gasteiger partial charge >= 0.3 is 12.2 Å². The zero-order valence-corrected chi connectivity index (χ0v) is 30.1. The molecule has 14 heteroatoms. The van der Waals surface area contributed by atoms with Gasteiger partial charge in [-0.1, -0.05) is 32.0 Å². The third kappa shape index (κ3) is 6.20. The van der Waals surface area contributed by atoms with Crippen LogP contribution in [0.1, 0.15) is 62.4 Å². The minimum atomic E-state index is -0.962. The molecule has 53 heavy (non-hydrogen) atoms. The quantitative estimate of drug-likeness (QED) is 0.141. The number of hydrogen-bond donors (Lipinski definition) is 4. The summed E-state index contributed by atoms with van der Waals surface area (Å²) in [5.41, 5.74) is 6.55. The smallest absolute Gasteiger partial charge is 0.407 e. The number of hydrogen-bond acceptors (Lipinski definition) is 8. The molecule has 0 saturated carbocycles. The number of alkyl carbamates (subject to hydrolysis) is 1. The largest absolute Gasteiger partial charge is 0.488 e. The summed E-state index contributed by atoms with van der Waals surface area (Å²) in [5.74, 6) is 1.97. The van der Waals surface area contributed by atoms with Crippen LogP contribution in [0, 0.1) is 11.8 Å². The Balaban J connectivity index is 1.06. The van der Waals surface area contributed by atoms with Crippen molar-refractivity contribution in [1.82, 2.24) is 35.1 Å². The van der Waals surface area contributed by atoms with E-state index in [0.717, 1.165) is 74.2 Å². The van der Waals surface area contributed by atoms with Crippen molar-refractivity contribution in [2.24, 2.45) is 11.8 Å². The molecule has 4 N–H and O–H groups in total. The lowest BCUT2D eigenvalue weighted by molar-refractivity contribution is -0.135. The van der Waals surface area contributed by atoms with Gasteiger partial charge in [0.2, 0.25) is 5.91 Å². The summed E-state index contributed by atoms with van der Waals surface area (Å²) >= 11 is 0. The first-order chi connectivity index (χ1) is 25.6. The van der Waals surface area contributed by atoms with Gasteiger partial charge in [-0.05, 0) is 71.5 Å². The lowest BCUT2D eigenvalue weighted by atomic mass is 9.92. The number of benzene rings is 3. The Bertz CT molecular complexity index is 2230. The molecule has 8 rings (SSSR count). The van der Waals surface area contributed by atoms with Crippen LogP contribution < -0.4 is 10.1 Å². The van der Waals surface area contributed by atoms with Crippen LogP contribution in [0.3, 0.4) is 0 Å². The van der Waals surface area contributed by atoms with Crippen molar-refractivity contribution in [3.63, 3.8) is 0 Å². The van der Waals surface area contributed by atoms with Gasteiger partial charge in [0.1, 0.15) is 30.0 Å². The summed E-state index contributed by atoms with van der Waals surface area (Å²) < 4.78 is 16.4. The van der Waals surface area contributed by atoms with E-state index in [4.69, 9.17) is 19.2 Å². The van der Waals surface area contributed by atoms with E-state index in [1.807, 2.05) is 24.8 Å². The second-order valence-corrected chi connectivity index (χ2v) is 14.5. The Labute approximate surface area is 305 Å². The number of methoxy groups -OCH3 is 2. The van der Waals surface area contributed by atoms with Gasteiger partial charge in [-0.2, -0.15) is 0 Å². The van der Waals surface area contributed by atoms with Gasteiger partial charge in [-0.3, -0.25) is 9.69 Å². The second-order valence-electron chi connectivity index (χ2n) is 14.5. The molecule has 5 heterocycles. The fraction of sp³-hybridized carbons (Fsp3) is 0.410. The molecule has 3 aliphatic rings. The number of carbonyl (C=O) groups is 3. The maximum absolute atomic E-state index is 13.7. The number of fused-ring (bicyclic) bond motifs is 6. The molecule has 0 spiro atoms. The molecule has 2 saturated heterocycles. The molecule has 276 valence electrons. The maximum atomic E-state index is 13.7. The highest BCUT2D eigenvalue weighted by Gasteiger charge is 2.39. The maximum Gasteiger partial charge on any atom is 0.407 e. The van der Waals surface area contributed by atoms with Gasteiger partial charge in [0.05, 0.1) is 48.7 Å². The third-order valence-corrected chi connectivity index (χ3v) is 10.9. The minimum absolute atomic E-state index is 0.118. The van der Waals surface area contributed by atoms with Crippen molar-refractivity contribution < 1.29 is 33.7 Å². The van der Waals surface area contributed by atoms with E-state index >= 15 is 0 Å². The van der Waals surface area contributed by atoms with Crippen LogP contribution >= 0.6 is 0 Å². The number of rotatable bonds is 8. The van der Waals surface area contributed by atoms with E-state index in [1.54, 1.807) is 13.3 Å². The summed E-state index contributed by atoms with van der Waals surface area (Å²) in [6, 6.07) is 13.2. The number of aromatic nitrogens is 4. The third-order valence-electron chi connectivity index (χ3n) is 10.9.